The first kappa shape index (κ1) is 16.6. The molecule has 0 amide bonds. The van der Waals surface area contributed by atoms with Crippen LogP contribution in [0.25, 0.3) is 0 Å². The summed E-state index contributed by atoms with van der Waals surface area (Å²) in [4.78, 5) is 3.76. The molecule has 0 N–H and O–H groups in total. The van der Waals surface area contributed by atoms with E-state index in [1.165, 1.54) is 29.7 Å². The van der Waals surface area contributed by atoms with Crippen molar-refractivity contribution in [1.82, 2.24) is 9.29 Å². The fourth-order valence-corrected chi connectivity index (χ4v) is 3.55. The molecule has 110 valence electrons. The van der Waals surface area contributed by atoms with E-state index >= 15 is 0 Å². The Labute approximate surface area is 120 Å². The predicted octanol–water partition coefficient (Wildman–Crippen LogP) is 1.39. The fourth-order valence-electron chi connectivity index (χ4n) is 1.77. The molecular weight excluding hydrogens is 278 g/mol. The van der Waals surface area contributed by atoms with E-state index in [1.807, 2.05) is 19.9 Å². The molecule has 0 aliphatic carbocycles. The molecule has 0 fully saturated rings. The molecule has 1 heterocycles. The van der Waals surface area contributed by atoms with Gasteiger partial charge in [0.25, 0.3) is 0 Å². The second kappa shape index (κ2) is 7.33. The van der Waals surface area contributed by atoms with Gasteiger partial charge in [0.2, 0.25) is 10.0 Å². The van der Waals surface area contributed by atoms with Crippen LogP contribution in [0.5, 0.6) is 0 Å². The number of rotatable bonds is 7. The van der Waals surface area contributed by atoms with Crippen molar-refractivity contribution in [2.24, 2.45) is 0 Å². The molecule has 0 aliphatic heterocycles. The van der Waals surface area contributed by atoms with Crippen LogP contribution in [0.15, 0.2) is 23.2 Å². The van der Waals surface area contributed by atoms with Crippen molar-refractivity contribution in [3.63, 3.8) is 0 Å². The summed E-state index contributed by atoms with van der Waals surface area (Å²) in [6.45, 7) is 4.28. The fraction of sp³-hybridized carbons (Fsp3) is 0.538. The molecule has 1 aromatic heterocycles. The molecule has 0 radical (unpaired) electrons. The van der Waals surface area contributed by atoms with Gasteiger partial charge in [0, 0.05) is 25.9 Å². The molecule has 6 nitrogen and oxygen atoms in total. The largest absolute Gasteiger partial charge is 0.383 e. The van der Waals surface area contributed by atoms with Crippen molar-refractivity contribution in [3.05, 3.63) is 24.0 Å². The zero-order valence-electron chi connectivity index (χ0n) is 11.9. The van der Waals surface area contributed by atoms with E-state index in [0.717, 1.165) is 0 Å². The van der Waals surface area contributed by atoms with Crippen LogP contribution in [-0.2, 0) is 14.8 Å². The standard InChI is InChI=1S/C13H19N3O3S/c1-4-11(2)16(8-9-19-3)20(17,18)13-6-5-7-15-12(13)10-14/h5-7,11H,4,8-9H2,1-3H3. The molecule has 20 heavy (non-hydrogen) atoms. The Morgan fingerprint density at radius 3 is 2.80 bits per heavy atom. The van der Waals surface area contributed by atoms with Crippen LogP contribution in [0.2, 0.25) is 0 Å². The number of pyridine rings is 1. The second-order valence-corrected chi connectivity index (χ2v) is 6.19. The Hall–Kier alpha value is -1.49. The molecule has 0 aromatic carbocycles. The SMILES string of the molecule is CCC(C)N(CCOC)S(=O)(=O)c1cccnc1C#N. The van der Waals surface area contributed by atoms with Crippen molar-refractivity contribution in [1.29, 1.82) is 5.26 Å². The first-order valence-electron chi connectivity index (χ1n) is 6.34. The monoisotopic (exact) mass is 297 g/mol. The van der Waals surface area contributed by atoms with E-state index in [2.05, 4.69) is 4.98 Å². The van der Waals surface area contributed by atoms with Crippen LogP contribution >= 0.6 is 0 Å². The summed E-state index contributed by atoms with van der Waals surface area (Å²) in [5.74, 6) is 0. The van der Waals surface area contributed by atoms with Crippen LogP contribution < -0.4 is 0 Å². The van der Waals surface area contributed by atoms with Crippen molar-refractivity contribution in [2.45, 2.75) is 31.2 Å². The average Bonchev–Trinajstić information content (AvgIpc) is 2.46. The summed E-state index contributed by atoms with van der Waals surface area (Å²) in [5, 5.41) is 9.02. The molecule has 0 saturated carbocycles. The number of ether oxygens (including phenoxy) is 1. The summed E-state index contributed by atoms with van der Waals surface area (Å²) >= 11 is 0. The Bertz CT molecular complexity index is 581. The smallest absolute Gasteiger partial charge is 0.246 e. The highest BCUT2D eigenvalue weighted by Crippen LogP contribution is 2.21. The molecule has 1 aromatic rings. The topological polar surface area (TPSA) is 83.3 Å². The van der Waals surface area contributed by atoms with Crippen LogP contribution in [0.3, 0.4) is 0 Å². The lowest BCUT2D eigenvalue weighted by atomic mass is 10.3. The first-order chi connectivity index (χ1) is 9.48. The number of hydrogen-bond donors (Lipinski definition) is 0. The van der Waals surface area contributed by atoms with E-state index in [0.29, 0.717) is 13.0 Å². The Morgan fingerprint density at radius 1 is 1.55 bits per heavy atom. The summed E-state index contributed by atoms with van der Waals surface area (Å²) < 4.78 is 31.7. The van der Waals surface area contributed by atoms with Gasteiger partial charge in [-0.1, -0.05) is 6.92 Å². The maximum Gasteiger partial charge on any atom is 0.246 e. The summed E-state index contributed by atoms with van der Waals surface area (Å²) in [5.41, 5.74) is -0.0850. The van der Waals surface area contributed by atoms with Crippen LogP contribution in [-0.4, -0.2) is 44.0 Å². The third-order valence-corrected chi connectivity index (χ3v) is 5.11. The van der Waals surface area contributed by atoms with Crippen LogP contribution in [0.1, 0.15) is 26.0 Å². The lowest BCUT2D eigenvalue weighted by Gasteiger charge is -2.27. The normalized spacial score (nSPS) is 13.2. The van der Waals surface area contributed by atoms with E-state index in [1.54, 1.807) is 0 Å². The van der Waals surface area contributed by atoms with Gasteiger partial charge in [-0.2, -0.15) is 9.57 Å². The minimum atomic E-state index is -3.76. The first-order valence-corrected chi connectivity index (χ1v) is 7.78. The lowest BCUT2D eigenvalue weighted by molar-refractivity contribution is 0.167. The Morgan fingerprint density at radius 2 is 2.25 bits per heavy atom. The van der Waals surface area contributed by atoms with Gasteiger partial charge in [-0.15, -0.1) is 0 Å². The highest BCUT2D eigenvalue weighted by atomic mass is 32.2. The zero-order valence-corrected chi connectivity index (χ0v) is 12.7. The van der Waals surface area contributed by atoms with Gasteiger partial charge in [-0.3, -0.25) is 0 Å². The maximum absolute atomic E-state index is 12.7. The maximum atomic E-state index is 12.7. The molecule has 0 aliphatic rings. The Balaban J connectivity index is 3.26. The van der Waals surface area contributed by atoms with E-state index < -0.39 is 10.0 Å². The molecule has 1 rings (SSSR count). The highest BCUT2D eigenvalue weighted by molar-refractivity contribution is 7.89. The summed E-state index contributed by atoms with van der Waals surface area (Å²) in [6, 6.07) is 4.56. The summed E-state index contributed by atoms with van der Waals surface area (Å²) in [7, 11) is -2.24. The molecule has 0 saturated heterocycles. The van der Waals surface area contributed by atoms with Gasteiger partial charge in [-0.05, 0) is 25.5 Å². The van der Waals surface area contributed by atoms with Gasteiger partial charge in [-0.25, -0.2) is 13.4 Å². The molecular formula is C13H19N3O3S. The van der Waals surface area contributed by atoms with Gasteiger partial charge < -0.3 is 4.74 Å². The predicted molar refractivity (Wildman–Crippen MR) is 74.5 cm³/mol. The number of sulfonamides is 1. The number of hydrogen-bond acceptors (Lipinski definition) is 5. The lowest BCUT2D eigenvalue weighted by Crippen LogP contribution is -2.40. The highest BCUT2D eigenvalue weighted by Gasteiger charge is 2.30. The third kappa shape index (κ3) is 3.54. The number of nitrogens with zero attached hydrogens (tertiary/aromatic N) is 3. The molecule has 0 spiro atoms. The van der Waals surface area contributed by atoms with Gasteiger partial charge >= 0.3 is 0 Å². The second-order valence-electron chi connectivity index (χ2n) is 4.33. The van der Waals surface area contributed by atoms with Crippen LogP contribution in [0, 0.1) is 11.3 Å². The minimum Gasteiger partial charge on any atom is -0.383 e. The van der Waals surface area contributed by atoms with Crippen molar-refractivity contribution in [3.8, 4) is 6.07 Å². The molecule has 7 heteroatoms. The zero-order chi connectivity index (χ0) is 15.2. The van der Waals surface area contributed by atoms with Crippen molar-refractivity contribution in [2.75, 3.05) is 20.3 Å². The number of nitriles is 1. The average molecular weight is 297 g/mol. The van der Waals surface area contributed by atoms with E-state index in [4.69, 9.17) is 10.00 Å². The Kier molecular flexibility index (Phi) is 6.07. The number of methoxy groups -OCH3 is 1. The minimum absolute atomic E-state index is 0.0566. The summed E-state index contributed by atoms with van der Waals surface area (Å²) in [6.07, 6.45) is 2.07. The molecule has 0 bridgehead atoms. The van der Waals surface area contributed by atoms with Crippen molar-refractivity contribution >= 4 is 10.0 Å². The van der Waals surface area contributed by atoms with Gasteiger partial charge in [0.1, 0.15) is 11.0 Å². The van der Waals surface area contributed by atoms with E-state index in [-0.39, 0.29) is 23.2 Å². The molecule has 1 unspecified atom stereocenters. The van der Waals surface area contributed by atoms with Crippen molar-refractivity contribution < 1.29 is 13.2 Å². The van der Waals surface area contributed by atoms with E-state index in [9.17, 15) is 8.42 Å². The van der Waals surface area contributed by atoms with Crippen LogP contribution in [0.4, 0.5) is 0 Å². The molecule has 1 atom stereocenters. The van der Waals surface area contributed by atoms with Gasteiger partial charge in [0.05, 0.1) is 6.61 Å². The third-order valence-electron chi connectivity index (χ3n) is 3.06. The van der Waals surface area contributed by atoms with Gasteiger partial charge in [0.15, 0.2) is 5.69 Å². The quantitative estimate of drug-likeness (QED) is 0.759. The number of aromatic nitrogens is 1.